The molecule has 0 fully saturated rings. The Morgan fingerprint density at radius 2 is 1.54 bits per heavy atom. The predicted octanol–water partition coefficient (Wildman–Crippen LogP) is 1.40. The zero-order chi connectivity index (χ0) is 10.9. The maximum atomic E-state index is 9.57. The largest absolute Gasteiger partial charge is 0.356 e. The molecule has 0 amide bonds. The molecular formula is C7H18N2O4. The van der Waals surface area contributed by atoms with Gasteiger partial charge in [-0.2, -0.15) is 4.65 Å². The van der Waals surface area contributed by atoms with Crippen LogP contribution in [0.25, 0.3) is 0 Å². The average Bonchev–Trinajstić information content (AvgIpc) is 2.04. The van der Waals surface area contributed by atoms with Crippen LogP contribution in [0.4, 0.5) is 0 Å². The van der Waals surface area contributed by atoms with Gasteiger partial charge in [0.05, 0.1) is 5.09 Å². The quantitative estimate of drug-likeness (QED) is 0.416. The minimum atomic E-state index is -1.75. The third-order valence-corrected chi connectivity index (χ3v) is 1.82. The van der Waals surface area contributed by atoms with Gasteiger partial charge < -0.3 is 15.3 Å². The second-order valence-electron chi connectivity index (χ2n) is 2.67. The van der Waals surface area contributed by atoms with Crippen LogP contribution in [0.2, 0.25) is 0 Å². The molecule has 0 atom stereocenters. The van der Waals surface area contributed by atoms with E-state index in [0.29, 0.717) is 0 Å². The Hall–Kier alpha value is -0.880. The third kappa shape index (κ3) is 11.1. The van der Waals surface area contributed by atoms with E-state index in [2.05, 4.69) is 6.92 Å². The number of hydroxylamine groups is 3. The maximum Gasteiger partial charge on any atom is 0.108 e. The third-order valence-electron chi connectivity index (χ3n) is 1.82. The second kappa shape index (κ2) is 7.75. The van der Waals surface area contributed by atoms with Crippen molar-refractivity contribution in [3.8, 4) is 0 Å². The van der Waals surface area contributed by atoms with Gasteiger partial charge in [0.2, 0.25) is 0 Å². The molecule has 0 spiro atoms. The highest BCUT2D eigenvalue weighted by Gasteiger charge is 2.17. The van der Waals surface area contributed by atoms with E-state index >= 15 is 0 Å². The summed E-state index contributed by atoms with van der Waals surface area (Å²) in [6, 6.07) is 0. The summed E-state index contributed by atoms with van der Waals surface area (Å²) in [7, 11) is 0. The molecule has 0 aliphatic heterocycles. The van der Waals surface area contributed by atoms with E-state index in [9.17, 15) is 5.21 Å². The molecule has 0 saturated carbocycles. The van der Waals surface area contributed by atoms with Gasteiger partial charge in [0.15, 0.2) is 0 Å². The second-order valence-corrected chi connectivity index (χ2v) is 2.67. The fourth-order valence-corrected chi connectivity index (χ4v) is 0.956. The van der Waals surface area contributed by atoms with E-state index in [-0.39, 0.29) is 4.65 Å². The van der Waals surface area contributed by atoms with Crippen LogP contribution in [0.15, 0.2) is 0 Å². The minimum Gasteiger partial charge on any atom is -0.356 e. The van der Waals surface area contributed by atoms with Crippen LogP contribution < -0.4 is 0 Å². The smallest absolute Gasteiger partial charge is 0.108 e. The molecule has 0 bridgehead atoms. The monoisotopic (exact) mass is 194 g/mol. The standard InChI is InChI=1S/C7H18NO.NO3/c1-4-7-8(9,5-2)6-3;2-1(3)4/h9H,4-7H2,1-3H3;/q+1;-1. The lowest BCUT2D eigenvalue weighted by molar-refractivity contribution is -1.10. The van der Waals surface area contributed by atoms with Crippen molar-refractivity contribution >= 4 is 0 Å². The Morgan fingerprint density at radius 3 is 1.62 bits per heavy atom. The lowest BCUT2D eigenvalue weighted by Gasteiger charge is -2.26. The van der Waals surface area contributed by atoms with Gasteiger partial charge in [0.1, 0.15) is 19.6 Å². The summed E-state index contributed by atoms with van der Waals surface area (Å²) in [5, 5.41) is 24.3. The van der Waals surface area contributed by atoms with Crippen molar-refractivity contribution in [2.45, 2.75) is 27.2 Å². The van der Waals surface area contributed by atoms with Crippen molar-refractivity contribution in [1.29, 1.82) is 0 Å². The van der Waals surface area contributed by atoms with Crippen LogP contribution in [0.3, 0.4) is 0 Å². The molecule has 0 aliphatic rings. The molecule has 0 unspecified atom stereocenters. The molecule has 13 heavy (non-hydrogen) atoms. The zero-order valence-corrected chi connectivity index (χ0v) is 8.39. The minimum absolute atomic E-state index is 0.233. The molecule has 1 N–H and O–H groups in total. The SMILES string of the molecule is CCC[N+](O)(CC)CC.O=[N+]([O-])[O-]. The Kier molecular flexibility index (Phi) is 8.73. The van der Waals surface area contributed by atoms with E-state index in [1.165, 1.54) is 0 Å². The summed E-state index contributed by atoms with van der Waals surface area (Å²) in [6.07, 6.45) is 1.05. The van der Waals surface area contributed by atoms with Crippen molar-refractivity contribution in [2.24, 2.45) is 0 Å². The molecule has 0 aliphatic carbocycles. The first-order valence-electron chi connectivity index (χ1n) is 4.32. The maximum absolute atomic E-state index is 9.57. The highest BCUT2D eigenvalue weighted by molar-refractivity contribution is 4.26. The van der Waals surface area contributed by atoms with Crippen LogP contribution in [0, 0.1) is 15.3 Å². The van der Waals surface area contributed by atoms with Crippen molar-refractivity contribution in [2.75, 3.05) is 19.6 Å². The molecule has 0 saturated heterocycles. The first-order chi connectivity index (χ1) is 5.91. The van der Waals surface area contributed by atoms with E-state index in [1.54, 1.807) is 0 Å². The first-order valence-corrected chi connectivity index (χ1v) is 4.32. The molecule has 0 rings (SSSR count). The van der Waals surface area contributed by atoms with E-state index in [0.717, 1.165) is 26.1 Å². The Morgan fingerprint density at radius 1 is 1.23 bits per heavy atom. The van der Waals surface area contributed by atoms with Gasteiger partial charge in [0.25, 0.3) is 0 Å². The van der Waals surface area contributed by atoms with Crippen LogP contribution in [-0.2, 0) is 0 Å². The summed E-state index contributed by atoms with van der Waals surface area (Å²) in [5.74, 6) is 0. The lowest BCUT2D eigenvalue weighted by Crippen LogP contribution is -2.44. The van der Waals surface area contributed by atoms with Crippen molar-refractivity contribution in [3.63, 3.8) is 0 Å². The highest BCUT2D eigenvalue weighted by Crippen LogP contribution is 2.00. The molecule has 0 aromatic carbocycles. The summed E-state index contributed by atoms with van der Waals surface area (Å²) >= 11 is 0. The van der Waals surface area contributed by atoms with Crippen LogP contribution in [-0.4, -0.2) is 34.6 Å². The normalized spacial score (nSPS) is 10.2. The number of hydrogen-bond acceptors (Lipinski definition) is 4. The Bertz CT molecular complexity index is 132. The first kappa shape index (κ1) is 14.6. The summed E-state index contributed by atoms with van der Waals surface area (Å²) < 4.78 is 0.233. The van der Waals surface area contributed by atoms with Gasteiger partial charge in [-0.25, -0.2) is 5.21 Å². The predicted molar refractivity (Wildman–Crippen MR) is 48.6 cm³/mol. The number of quaternary nitrogens is 1. The van der Waals surface area contributed by atoms with Gasteiger partial charge in [-0.1, -0.05) is 6.92 Å². The van der Waals surface area contributed by atoms with Crippen molar-refractivity contribution in [1.82, 2.24) is 0 Å². The van der Waals surface area contributed by atoms with E-state index < -0.39 is 5.09 Å². The summed E-state index contributed by atoms with van der Waals surface area (Å²) in [4.78, 5) is 8.25. The van der Waals surface area contributed by atoms with E-state index in [4.69, 9.17) is 15.3 Å². The molecule has 6 heteroatoms. The number of nitrogens with zero attached hydrogens (tertiary/aromatic N) is 2. The fraction of sp³-hybridized carbons (Fsp3) is 1.00. The molecule has 0 aromatic rings. The molecule has 6 nitrogen and oxygen atoms in total. The van der Waals surface area contributed by atoms with Crippen LogP contribution in [0.1, 0.15) is 27.2 Å². The van der Waals surface area contributed by atoms with Gasteiger partial charge in [-0.15, -0.1) is 0 Å². The van der Waals surface area contributed by atoms with Crippen molar-refractivity contribution in [3.05, 3.63) is 15.3 Å². The van der Waals surface area contributed by atoms with Crippen LogP contribution in [0.5, 0.6) is 0 Å². The Balaban J connectivity index is 0. The zero-order valence-electron chi connectivity index (χ0n) is 8.39. The molecule has 0 aromatic heterocycles. The summed E-state index contributed by atoms with van der Waals surface area (Å²) in [5.41, 5.74) is 0. The number of rotatable bonds is 4. The summed E-state index contributed by atoms with van der Waals surface area (Å²) in [6.45, 7) is 8.65. The van der Waals surface area contributed by atoms with Gasteiger partial charge in [-0.05, 0) is 20.3 Å². The van der Waals surface area contributed by atoms with Crippen LogP contribution >= 0.6 is 0 Å². The number of hydrogen-bond donors (Lipinski definition) is 1. The highest BCUT2D eigenvalue weighted by atomic mass is 16.9. The average molecular weight is 194 g/mol. The van der Waals surface area contributed by atoms with Gasteiger partial charge in [-0.3, -0.25) is 0 Å². The molecule has 80 valence electrons. The lowest BCUT2D eigenvalue weighted by atomic mass is 10.4. The van der Waals surface area contributed by atoms with Crippen molar-refractivity contribution < 1.29 is 14.9 Å². The fourth-order valence-electron chi connectivity index (χ4n) is 0.956. The molecule has 0 radical (unpaired) electrons. The Labute approximate surface area is 78.1 Å². The van der Waals surface area contributed by atoms with E-state index in [1.807, 2.05) is 13.8 Å². The van der Waals surface area contributed by atoms with Gasteiger partial charge >= 0.3 is 0 Å². The topological polar surface area (TPSA) is 86.4 Å². The van der Waals surface area contributed by atoms with Gasteiger partial charge in [0, 0.05) is 0 Å². The molecule has 0 heterocycles. The molecular weight excluding hydrogens is 176 g/mol.